The van der Waals surface area contributed by atoms with E-state index in [0.717, 1.165) is 11.1 Å². The molecule has 26 heavy (non-hydrogen) atoms. The maximum atomic E-state index is 11.7. The first-order chi connectivity index (χ1) is 12.5. The van der Waals surface area contributed by atoms with E-state index in [0.29, 0.717) is 17.1 Å². The van der Waals surface area contributed by atoms with Gasteiger partial charge in [-0.05, 0) is 61.4 Å². The second-order valence-corrected chi connectivity index (χ2v) is 5.56. The Kier molecular flexibility index (Phi) is 6.57. The van der Waals surface area contributed by atoms with Crippen molar-refractivity contribution < 1.29 is 19.1 Å². The quantitative estimate of drug-likeness (QED) is 0.771. The molecule has 0 bridgehead atoms. The van der Waals surface area contributed by atoms with E-state index in [-0.39, 0.29) is 13.2 Å². The summed E-state index contributed by atoms with van der Waals surface area (Å²) in [5.74, 6) is 0.0196. The van der Waals surface area contributed by atoms with Crippen molar-refractivity contribution in [1.29, 1.82) is 5.26 Å². The van der Waals surface area contributed by atoms with E-state index in [2.05, 4.69) is 10.9 Å². The second kappa shape index (κ2) is 9.08. The van der Waals surface area contributed by atoms with Gasteiger partial charge in [0, 0.05) is 0 Å². The topological polar surface area (TPSA) is 100 Å². The van der Waals surface area contributed by atoms with Crippen molar-refractivity contribution in [3.05, 3.63) is 59.2 Å². The van der Waals surface area contributed by atoms with E-state index >= 15 is 0 Å². The Hall–Kier alpha value is -3.53. The molecule has 7 heteroatoms. The molecule has 2 rings (SSSR count). The number of aryl methyl sites for hydroxylation is 2. The molecule has 2 N–H and O–H groups in total. The minimum Gasteiger partial charge on any atom is -0.484 e. The van der Waals surface area contributed by atoms with Crippen molar-refractivity contribution >= 4 is 11.8 Å². The summed E-state index contributed by atoms with van der Waals surface area (Å²) in [5.41, 5.74) is 7.18. The molecule has 0 radical (unpaired) electrons. The molecular formula is C19H19N3O4. The number of carbonyl (C=O) groups is 2. The van der Waals surface area contributed by atoms with Crippen LogP contribution < -0.4 is 20.3 Å². The molecule has 2 amide bonds. The fraction of sp³-hybridized carbons (Fsp3) is 0.211. The van der Waals surface area contributed by atoms with Gasteiger partial charge in [-0.2, -0.15) is 5.26 Å². The third-order valence-corrected chi connectivity index (χ3v) is 3.54. The maximum absolute atomic E-state index is 11.7. The van der Waals surface area contributed by atoms with Crippen LogP contribution in [-0.4, -0.2) is 25.0 Å². The van der Waals surface area contributed by atoms with Gasteiger partial charge in [0.25, 0.3) is 11.8 Å². The number of ether oxygens (including phenoxy) is 2. The van der Waals surface area contributed by atoms with E-state index < -0.39 is 11.8 Å². The Labute approximate surface area is 151 Å². The molecule has 0 aromatic heterocycles. The van der Waals surface area contributed by atoms with E-state index in [1.807, 2.05) is 32.0 Å². The highest BCUT2D eigenvalue weighted by molar-refractivity contribution is 5.83. The van der Waals surface area contributed by atoms with Crippen LogP contribution in [0.1, 0.15) is 16.7 Å². The molecular weight excluding hydrogens is 334 g/mol. The van der Waals surface area contributed by atoms with Crippen LogP contribution >= 0.6 is 0 Å². The lowest BCUT2D eigenvalue weighted by Crippen LogP contribution is -2.45. The van der Waals surface area contributed by atoms with Crippen LogP contribution in [0.2, 0.25) is 0 Å². The highest BCUT2D eigenvalue weighted by Crippen LogP contribution is 2.16. The highest BCUT2D eigenvalue weighted by Gasteiger charge is 2.07. The zero-order valence-corrected chi connectivity index (χ0v) is 14.5. The zero-order valence-electron chi connectivity index (χ0n) is 14.5. The van der Waals surface area contributed by atoms with Gasteiger partial charge in [0.2, 0.25) is 0 Å². The second-order valence-electron chi connectivity index (χ2n) is 5.56. The molecule has 0 unspecified atom stereocenters. The van der Waals surface area contributed by atoms with Crippen molar-refractivity contribution in [1.82, 2.24) is 10.9 Å². The number of carbonyl (C=O) groups excluding carboxylic acids is 2. The van der Waals surface area contributed by atoms with E-state index in [1.165, 1.54) is 0 Å². The predicted molar refractivity (Wildman–Crippen MR) is 94.3 cm³/mol. The molecule has 0 heterocycles. The van der Waals surface area contributed by atoms with Gasteiger partial charge in [0.1, 0.15) is 11.5 Å². The lowest BCUT2D eigenvalue weighted by Gasteiger charge is -2.10. The van der Waals surface area contributed by atoms with Crippen molar-refractivity contribution in [2.45, 2.75) is 13.8 Å². The maximum Gasteiger partial charge on any atom is 0.276 e. The van der Waals surface area contributed by atoms with Crippen LogP contribution in [0.5, 0.6) is 11.5 Å². The summed E-state index contributed by atoms with van der Waals surface area (Å²) in [6.45, 7) is 3.45. The van der Waals surface area contributed by atoms with Crippen LogP contribution in [0.4, 0.5) is 0 Å². The van der Waals surface area contributed by atoms with Crippen LogP contribution in [0, 0.1) is 25.2 Å². The molecule has 0 aliphatic heterocycles. The lowest BCUT2D eigenvalue weighted by molar-refractivity contribution is -0.131. The third kappa shape index (κ3) is 5.83. The van der Waals surface area contributed by atoms with Crippen molar-refractivity contribution in [3.63, 3.8) is 0 Å². The summed E-state index contributed by atoms with van der Waals surface area (Å²) in [5, 5.41) is 8.71. The summed E-state index contributed by atoms with van der Waals surface area (Å²) < 4.78 is 10.6. The molecule has 2 aromatic carbocycles. The number of hydrogen-bond acceptors (Lipinski definition) is 5. The van der Waals surface area contributed by atoms with E-state index in [1.54, 1.807) is 30.3 Å². The average Bonchev–Trinajstić information content (AvgIpc) is 2.66. The Bertz CT molecular complexity index is 826. The average molecular weight is 353 g/mol. The summed E-state index contributed by atoms with van der Waals surface area (Å²) in [4.78, 5) is 23.4. The number of hydrogen-bond donors (Lipinski definition) is 2. The van der Waals surface area contributed by atoms with Gasteiger partial charge < -0.3 is 9.47 Å². The minimum atomic E-state index is -0.520. The number of nitrogens with one attached hydrogen (secondary N) is 2. The van der Waals surface area contributed by atoms with Gasteiger partial charge in [0.15, 0.2) is 13.2 Å². The SMILES string of the molecule is Cc1ccc(OCC(=O)NNC(=O)COc2ccc(C#N)cc2)cc1C. The number of benzene rings is 2. The highest BCUT2D eigenvalue weighted by atomic mass is 16.5. The molecule has 0 saturated heterocycles. The first-order valence-corrected chi connectivity index (χ1v) is 7.88. The number of hydrazine groups is 1. The Balaban J connectivity index is 1.68. The lowest BCUT2D eigenvalue weighted by atomic mass is 10.1. The monoisotopic (exact) mass is 353 g/mol. The first-order valence-electron chi connectivity index (χ1n) is 7.88. The van der Waals surface area contributed by atoms with Gasteiger partial charge in [0.05, 0.1) is 11.6 Å². The molecule has 0 atom stereocenters. The van der Waals surface area contributed by atoms with E-state index in [9.17, 15) is 9.59 Å². The largest absolute Gasteiger partial charge is 0.484 e. The first kappa shape index (κ1) is 18.8. The Morgan fingerprint density at radius 3 is 1.96 bits per heavy atom. The van der Waals surface area contributed by atoms with Crippen molar-refractivity contribution in [2.24, 2.45) is 0 Å². The number of nitriles is 1. The van der Waals surface area contributed by atoms with Crippen LogP contribution in [-0.2, 0) is 9.59 Å². The number of rotatable bonds is 6. The minimum absolute atomic E-state index is 0.223. The smallest absolute Gasteiger partial charge is 0.276 e. The van der Waals surface area contributed by atoms with Crippen molar-refractivity contribution in [2.75, 3.05) is 13.2 Å². The Morgan fingerprint density at radius 2 is 1.42 bits per heavy atom. The summed E-state index contributed by atoms with van der Waals surface area (Å²) >= 11 is 0. The summed E-state index contributed by atoms with van der Waals surface area (Å²) in [6, 6.07) is 13.8. The fourth-order valence-electron chi connectivity index (χ4n) is 1.94. The molecule has 0 aliphatic carbocycles. The molecule has 7 nitrogen and oxygen atoms in total. The number of amides is 2. The third-order valence-electron chi connectivity index (χ3n) is 3.54. The molecule has 0 saturated carbocycles. The van der Waals surface area contributed by atoms with Gasteiger partial charge in [-0.15, -0.1) is 0 Å². The zero-order chi connectivity index (χ0) is 18.9. The molecule has 0 spiro atoms. The fourth-order valence-corrected chi connectivity index (χ4v) is 1.94. The van der Waals surface area contributed by atoms with Crippen LogP contribution in [0.15, 0.2) is 42.5 Å². The summed E-state index contributed by atoms with van der Waals surface area (Å²) in [7, 11) is 0. The normalized spacial score (nSPS) is 9.73. The van der Waals surface area contributed by atoms with Gasteiger partial charge in [-0.25, -0.2) is 0 Å². The van der Waals surface area contributed by atoms with Gasteiger partial charge in [-0.1, -0.05) is 6.07 Å². The molecule has 2 aromatic rings. The summed E-state index contributed by atoms with van der Waals surface area (Å²) in [6.07, 6.45) is 0. The predicted octanol–water partition coefficient (Wildman–Crippen LogP) is 1.78. The number of nitrogens with zero attached hydrogens (tertiary/aromatic N) is 1. The van der Waals surface area contributed by atoms with E-state index in [4.69, 9.17) is 14.7 Å². The molecule has 0 aliphatic rings. The standard InChI is InChI=1S/C19H19N3O4/c1-13-3-6-17(9-14(13)2)26-12-19(24)22-21-18(23)11-25-16-7-4-15(10-20)5-8-16/h3-9H,11-12H2,1-2H3,(H,21,23)(H,22,24). The van der Waals surface area contributed by atoms with Crippen molar-refractivity contribution in [3.8, 4) is 17.6 Å². The van der Waals surface area contributed by atoms with Crippen LogP contribution in [0.25, 0.3) is 0 Å². The van der Waals surface area contributed by atoms with Gasteiger partial charge in [-0.3, -0.25) is 20.4 Å². The molecule has 0 fully saturated rings. The Morgan fingerprint density at radius 1 is 0.885 bits per heavy atom. The van der Waals surface area contributed by atoms with Crippen LogP contribution in [0.3, 0.4) is 0 Å². The van der Waals surface area contributed by atoms with Gasteiger partial charge >= 0.3 is 0 Å². The molecule has 134 valence electrons.